The van der Waals surface area contributed by atoms with Crippen LogP contribution in [0.25, 0.3) is 11.4 Å². The number of nitrogens with zero attached hydrogens (tertiary/aromatic N) is 2. The lowest BCUT2D eigenvalue weighted by atomic mass is 9.76. The van der Waals surface area contributed by atoms with E-state index in [1.54, 1.807) is 0 Å². The van der Waals surface area contributed by atoms with Gasteiger partial charge in [-0.25, -0.2) is 8.78 Å². The molecule has 1 aromatic heterocycles. The van der Waals surface area contributed by atoms with Crippen molar-refractivity contribution in [3.8, 4) is 11.4 Å². The number of hydrogen-bond acceptors (Lipinski definition) is 4. The minimum absolute atomic E-state index is 0.191. The number of rotatable bonds is 3. The number of halogens is 2. The maximum atomic E-state index is 13.3. The molecule has 2 heterocycles. The van der Waals surface area contributed by atoms with Gasteiger partial charge in [0.05, 0.1) is 5.41 Å². The van der Waals surface area contributed by atoms with Gasteiger partial charge in [0.25, 0.3) is 0 Å². The zero-order valence-electron chi connectivity index (χ0n) is 12.0. The van der Waals surface area contributed by atoms with Crippen molar-refractivity contribution in [3.63, 3.8) is 0 Å². The maximum Gasteiger partial charge on any atom is 0.234 e. The standard InChI is InChI=1S/C15H17F2N3O/c1-9(2)15(5-6-18-8-15)14-19-13(20-21-14)10-3-4-11(16)12(17)7-10/h3-4,7,9,18H,5-6,8H2,1-2H3. The van der Waals surface area contributed by atoms with E-state index in [0.717, 1.165) is 31.6 Å². The van der Waals surface area contributed by atoms with Crippen molar-refractivity contribution < 1.29 is 13.3 Å². The molecule has 0 aliphatic carbocycles. The second-order valence-corrected chi connectivity index (χ2v) is 5.79. The first-order valence-corrected chi connectivity index (χ1v) is 7.03. The summed E-state index contributed by atoms with van der Waals surface area (Å²) in [7, 11) is 0. The van der Waals surface area contributed by atoms with Crippen LogP contribution >= 0.6 is 0 Å². The predicted molar refractivity (Wildman–Crippen MR) is 73.7 cm³/mol. The van der Waals surface area contributed by atoms with Crippen LogP contribution in [0.1, 0.15) is 26.2 Å². The van der Waals surface area contributed by atoms with E-state index < -0.39 is 11.6 Å². The van der Waals surface area contributed by atoms with Gasteiger partial charge in [-0.2, -0.15) is 4.98 Å². The van der Waals surface area contributed by atoms with Crippen LogP contribution < -0.4 is 5.32 Å². The second-order valence-electron chi connectivity index (χ2n) is 5.79. The molecular weight excluding hydrogens is 276 g/mol. The van der Waals surface area contributed by atoms with Crippen molar-refractivity contribution in [1.29, 1.82) is 0 Å². The van der Waals surface area contributed by atoms with Crippen molar-refractivity contribution in [2.24, 2.45) is 5.92 Å². The van der Waals surface area contributed by atoms with E-state index in [2.05, 4.69) is 29.3 Å². The SMILES string of the molecule is CC(C)C1(c2nc(-c3ccc(F)c(F)c3)no2)CCNC1. The molecule has 1 saturated heterocycles. The zero-order chi connectivity index (χ0) is 15.0. The first kappa shape index (κ1) is 14.1. The van der Waals surface area contributed by atoms with E-state index in [4.69, 9.17) is 4.52 Å². The zero-order valence-corrected chi connectivity index (χ0v) is 12.0. The van der Waals surface area contributed by atoms with Gasteiger partial charge >= 0.3 is 0 Å². The lowest BCUT2D eigenvalue weighted by Crippen LogP contribution is -2.35. The molecule has 2 aromatic rings. The van der Waals surface area contributed by atoms with Crippen LogP contribution in [0.15, 0.2) is 22.7 Å². The molecule has 1 fully saturated rings. The summed E-state index contributed by atoms with van der Waals surface area (Å²) in [5.41, 5.74) is 0.220. The third kappa shape index (κ3) is 2.33. The summed E-state index contributed by atoms with van der Waals surface area (Å²) in [5, 5.41) is 7.25. The normalized spacial score (nSPS) is 22.1. The van der Waals surface area contributed by atoms with Gasteiger partial charge in [0.2, 0.25) is 11.7 Å². The van der Waals surface area contributed by atoms with E-state index in [-0.39, 0.29) is 11.2 Å². The highest BCUT2D eigenvalue weighted by atomic mass is 19.2. The molecule has 0 bridgehead atoms. The quantitative estimate of drug-likeness (QED) is 0.945. The average molecular weight is 293 g/mol. The van der Waals surface area contributed by atoms with Crippen molar-refractivity contribution >= 4 is 0 Å². The van der Waals surface area contributed by atoms with Crippen molar-refractivity contribution in [1.82, 2.24) is 15.5 Å². The summed E-state index contributed by atoms with van der Waals surface area (Å²) in [6.07, 6.45) is 0.921. The topological polar surface area (TPSA) is 51.0 Å². The highest BCUT2D eigenvalue weighted by molar-refractivity contribution is 5.54. The summed E-state index contributed by atoms with van der Waals surface area (Å²) in [6.45, 7) is 5.92. The minimum atomic E-state index is -0.917. The van der Waals surface area contributed by atoms with Crippen LogP contribution in [0.2, 0.25) is 0 Å². The first-order chi connectivity index (χ1) is 10.0. The van der Waals surface area contributed by atoms with E-state index >= 15 is 0 Å². The fraction of sp³-hybridized carbons (Fsp3) is 0.467. The van der Waals surface area contributed by atoms with Gasteiger partial charge in [0.15, 0.2) is 11.6 Å². The molecule has 4 nitrogen and oxygen atoms in total. The predicted octanol–water partition coefficient (Wildman–Crippen LogP) is 2.90. The Morgan fingerprint density at radius 2 is 2.10 bits per heavy atom. The molecule has 1 aliphatic rings. The van der Waals surface area contributed by atoms with Crippen molar-refractivity contribution in [3.05, 3.63) is 35.7 Å². The number of hydrogen-bond donors (Lipinski definition) is 1. The average Bonchev–Trinajstić information content (AvgIpc) is 3.10. The molecule has 1 aliphatic heterocycles. The van der Waals surface area contributed by atoms with Gasteiger partial charge in [-0.05, 0) is 37.1 Å². The van der Waals surface area contributed by atoms with Crippen LogP contribution in [0.4, 0.5) is 8.78 Å². The highest BCUT2D eigenvalue weighted by Gasteiger charge is 2.43. The molecule has 1 aromatic carbocycles. The Hall–Kier alpha value is -1.82. The van der Waals surface area contributed by atoms with E-state index in [0.29, 0.717) is 17.4 Å². The number of benzene rings is 1. The fourth-order valence-corrected chi connectivity index (χ4v) is 2.81. The molecule has 21 heavy (non-hydrogen) atoms. The Bertz CT molecular complexity index is 648. The fourth-order valence-electron chi connectivity index (χ4n) is 2.81. The molecule has 0 radical (unpaired) electrons. The largest absolute Gasteiger partial charge is 0.338 e. The molecular formula is C15H17F2N3O. The Labute approximate surface area is 121 Å². The molecule has 0 spiro atoms. The second kappa shape index (κ2) is 5.18. The molecule has 1 N–H and O–H groups in total. The van der Waals surface area contributed by atoms with Crippen LogP contribution in [-0.2, 0) is 5.41 Å². The summed E-state index contributed by atoms with van der Waals surface area (Å²) in [6, 6.07) is 3.59. The molecule has 3 rings (SSSR count). The smallest absolute Gasteiger partial charge is 0.234 e. The molecule has 6 heteroatoms. The van der Waals surface area contributed by atoms with Crippen molar-refractivity contribution in [2.45, 2.75) is 25.7 Å². The lowest BCUT2D eigenvalue weighted by Gasteiger charge is -2.27. The van der Waals surface area contributed by atoms with Gasteiger partial charge in [-0.1, -0.05) is 19.0 Å². The minimum Gasteiger partial charge on any atom is -0.338 e. The molecule has 0 amide bonds. The Morgan fingerprint density at radius 1 is 1.29 bits per heavy atom. The number of aromatic nitrogens is 2. The third-order valence-electron chi connectivity index (χ3n) is 4.32. The van der Waals surface area contributed by atoms with Crippen LogP contribution in [0, 0.1) is 17.6 Å². The lowest BCUT2D eigenvalue weighted by molar-refractivity contribution is 0.234. The van der Waals surface area contributed by atoms with Crippen molar-refractivity contribution in [2.75, 3.05) is 13.1 Å². The van der Waals surface area contributed by atoms with Crippen LogP contribution in [-0.4, -0.2) is 23.2 Å². The summed E-state index contributed by atoms with van der Waals surface area (Å²) in [5.74, 6) is -0.620. The molecule has 1 atom stereocenters. The molecule has 112 valence electrons. The first-order valence-electron chi connectivity index (χ1n) is 7.03. The monoisotopic (exact) mass is 293 g/mol. The van der Waals surface area contributed by atoms with Gasteiger partial charge in [0, 0.05) is 12.1 Å². The summed E-state index contributed by atoms with van der Waals surface area (Å²) < 4.78 is 31.7. The van der Waals surface area contributed by atoms with Crippen LogP contribution in [0.5, 0.6) is 0 Å². The Balaban J connectivity index is 1.97. The number of nitrogens with one attached hydrogen (secondary N) is 1. The van der Waals surface area contributed by atoms with Crippen LogP contribution in [0.3, 0.4) is 0 Å². The third-order valence-corrected chi connectivity index (χ3v) is 4.32. The Kier molecular flexibility index (Phi) is 3.49. The van der Waals surface area contributed by atoms with E-state index in [1.165, 1.54) is 6.07 Å². The summed E-state index contributed by atoms with van der Waals surface area (Å²) in [4.78, 5) is 4.42. The molecule has 0 saturated carbocycles. The summed E-state index contributed by atoms with van der Waals surface area (Å²) >= 11 is 0. The Morgan fingerprint density at radius 3 is 2.71 bits per heavy atom. The van der Waals surface area contributed by atoms with E-state index in [1.807, 2.05) is 0 Å². The van der Waals surface area contributed by atoms with Gasteiger partial charge in [-0.15, -0.1) is 0 Å². The molecule has 1 unspecified atom stereocenters. The highest BCUT2D eigenvalue weighted by Crippen LogP contribution is 2.37. The van der Waals surface area contributed by atoms with Gasteiger partial charge in [-0.3, -0.25) is 0 Å². The van der Waals surface area contributed by atoms with Gasteiger partial charge < -0.3 is 9.84 Å². The van der Waals surface area contributed by atoms with Gasteiger partial charge in [0.1, 0.15) is 0 Å². The van der Waals surface area contributed by atoms with E-state index in [9.17, 15) is 8.78 Å². The maximum absolute atomic E-state index is 13.3.